The van der Waals surface area contributed by atoms with Crippen LogP contribution in [-0.4, -0.2) is 16.2 Å². The van der Waals surface area contributed by atoms with Crippen LogP contribution in [0.4, 0.5) is 11.4 Å². The standard InChI is InChI=1S/C53H58N4O/c1-50(2,3)37-21-17-22-39(29-37)55-34-47(53(10,11)36-19-13-12-14-20-36)56(35-55)40-23-18-24-41(31-40)58-42-32-44(52(7,8)9)49-43-25-15-16-26-45(43)57(46(49)33-42)48-30-38(27-28-54-48)51(4,5)6/h12-34H,35H2,1-11H3. The Morgan fingerprint density at radius 1 is 0.534 bits per heavy atom. The summed E-state index contributed by atoms with van der Waals surface area (Å²) in [5, 5.41) is 2.45. The second-order valence-electron chi connectivity index (χ2n) is 19.6. The van der Waals surface area contributed by atoms with Crippen molar-refractivity contribution in [1.82, 2.24) is 9.55 Å². The monoisotopic (exact) mass is 766 g/mol. The van der Waals surface area contributed by atoms with Gasteiger partial charge in [-0.3, -0.25) is 4.57 Å². The first kappa shape index (κ1) is 39.0. The van der Waals surface area contributed by atoms with Crippen LogP contribution in [0.25, 0.3) is 27.6 Å². The number of para-hydroxylation sites is 1. The van der Waals surface area contributed by atoms with Crippen LogP contribution in [0.5, 0.6) is 11.5 Å². The molecule has 0 saturated heterocycles. The fraction of sp³-hybridized carbons (Fsp3) is 0.302. The number of pyridine rings is 1. The van der Waals surface area contributed by atoms with E-state index in [9.17, 15) is 0 Å². The first-order valence-corrected chi connectivity index (χ1v) is 20.6. The van der Waals surface area contributed by atoms with Gasteiger partial charge in [0.1, 0.15) is 17.3 Å². The molecular weight excluding hydrogens is 709 g/mol. The van der Waals surface area contributed by atoms with Crippen LogP contribution in [-0.2, 0) is 21.7 Å². The Labute approximate surface area is 345 Å². The van der Waals surface area contributed by atoms with E-state index in [1.54, 1.807) is 0 Å². The molecule has 1 aliphatic heterocycles. The Kier molecular flexibility index (Phi) is 9.58. The highest BCUT2D eigenvalue weighted by molar-refractivity contribution is 6.11. The largest absolute Gasteiger partial charge is 0.457 e. The molecule has 296 valence electrons. The minimum atomic E-state index is -0.271. The molecule has 0 radical (unpaired) electrons. The zero-order valence-corrected chi connectivity index (χ0v) is 36.2. The number of anilines is 2. The molecule has 58 heavy (non-hydrogen) atoms. The predicted octanol–water partition coefficient (Wildman–Crippen LogP) is 14.0. The summed E-state index contributed by atoms with van der Waals surface area (Å²) < 4.78 is 9.28. The van der Waals surface area contributed by atoms with Crippen LogP contribution in [0.1, 0.15) is 98.4 Å². The van der Waals surface area contributed by atoms with E-state index < -0.39 is 0 Å². The lowest BCUT2D eigenvalue weighted by Gasteiger charge is -2.34. The minimum absolute atomic E-state index is 0.0134. The van der Waals surface area contributed by atoms with Gasteiger partial charge in [0, 0.05) is 57.8 Å². The topological polar surface area (TPSA) is 33.5 Å². The Balaban J connectivity index is 1.23. The number of fused-ring (bicyclic) bond motifs is 3. The molecule has 0 spiro atoms. The van der Waals surface area contributed by atoms with E-state index in [1.807, 2.05) is 6.20 Å². The maximum atomic E-state index is 6.96. The summed E-state index contributed by atoms with van der Waals surface area (Å²) in [5.74, 6) is 2.50. The van der Waals surface area contributed by atoms with Crippen molar-refractivity contribution in [3.63, 3.8) is 0 Å². The quantitative estimate of drug-likeness (QED) is 0.162. The average Bonchev–Trinajstić information content (AvgIpc) is 3.78. The molecule has 0 N–H and O–H groups in total. The van der Waals surface area contributed by atoms with E-state index >= 15 is 0 Å². The molecule has 3 heterocycles. The van der Waals surface area contributed by atoms with Gasteiger partial charge >= 0.3 is 0 Å². The Morgan fingerprint density at radius 2 is 1.19 bits per heavy atom. The van der Waals surface area contributed by atoms with Gasteiger partial charge in [0.05, 0.1) is 17.7 Å². The summed E-state index contributed by atoms with van der Waals surface area (Å²) in [6, 6.07) is 45.9. The summed E-state index contributed by atoms with van der Waals surface area (Å²) in [4.78, 5) is 9.78. The molecule has 0 amide bonds. The van der Waals surface area contributed by atoms with Crippen molar-refractivity contribution in [3.05, 3.63) is 168 Å². The first-order chi connectivity index (χ1) is 27.4. The van der Waals surface area contributed by atoms with Crippen LogP contribution in [0, 0.1) is 0 Å². The summed E-state index contributed by atoms with van der Waals surface area (Å²) in [6.07, 6.45) is 4.28. The van der Waals surface area contributed by atoms with Crippen molar-refractivity contribution in [2.24, 2.45) is 0 Å². The van der Waals surface area contributed by atoms with E-state index in [-0.39, 0.29) is 21.7 Å². The fourth-order valence-electron chi connectivity index (χ4n) is 8.34. The Morgan fingerprint density at radius 3 is 1.91 bits per heavy atom. The second-order valence-corrected chi connectivity index (χ2v) is 19.6. The third-order valence-electron chi connectivity index (χ3n) is 11.8. The van der Waals surface area contributed by atoms with Crippen LogP contribution >= 0.6 is 0 Å². The molecule has 0 aliphatic carbocycles. The van der Waals surface area contributed by atoms with Gasteiger partial charge in [-0.1, -0.05) is 143 Å². The molecular formula is C53H58N4O. The van der Waals surface area contributed by atoms with E-state index in [2.05, 4.69) is 224 Å². The summed E-state index contributed by atoms with van der Waals surface area (Å²) in [5.41, 5.74) is 10.4. The zero-order valence-electron chi connectivity index (χ0n) is 36.2. The van der Waals surface area contributed by atoms with Crippen molar-refractivity contribution >= 4 is 33.2 Å². The average molecular weight is 767 g/mol. The lowest BCUT2D eigenvalue weighted by Crippen LogP contribution is -2.33. The molecule has 0 bridgehead atoms. The lowest BCUT2D eigenvalue weighted by atomic mass is 9.81. The molecule has 0 unspecified atom stereocenters. The molecule has 5 aromatic carbocycles. The highest BCUT2D eigenvalue weighted by Crippen LogP contribution is 2.44. The molecule has 1 aliphatic rings. The van der Waals surface area contributed by atoms with Crippen molar-refractivity contribution in [2.75, 3.05) is 16.5 Å². The van der Waals surface area contributed by atoms with Crippen molar-refractivity contribution in [2.45, 2.75) is 97.8 Å². The van der Waals surface area contributed by atoms with E-state index in [1.165, 1.54) is 44.4 Å². The van der Waals surface area contributed by atoms with Crippen LogP contribution in [0.15, 0.2) is 145 Å². The van der Waals surface area contributed by atoms with Gasteiger partial charge in [0.25, 0.3) is 0 Å². The summed E-state index contributed by atoms with van der Waals surface area (Å²) >= 11 is 0. The normalized spacial score (nSPS) is 14.1. The van der Waals surface area contributed by atoms with Crippen molar-refractivity contribution < 1.29 is 4.74 Å². The number of hydrogen-bond acceptors (Lipinski definition) is 4. The van der Waals surface area contributed by atoms with Gasteiger partial charge in [-0.25, -0.2) is 4.98 Å². The van der Waals surface area contributed by atoms with Gasteiger partial charge in [0.15, 0.2) is 0 Å². The van der Waals surface area contributed by atoms with Crippen LogP contribution in [0.2, 0.25) is 0 Å². The fourth-order valence-corrected chi connectivity index (χ4v) is 8.34. The molecule has 8 rings (SSSR count). The minimum Gasteiger partial charge on any atom is -0.457 e. The highest BCUT2D eigenvalue weighted by atomic mass is 16.5. The third-order valence-corrected chi connectivity index (χ3v) is 11.8. The van der Waals surface area contributed by atoms with Crippen LogP contribution < -0.4 is 14.5 Å². The summed E-state index contributed by atoms with van der Waals surface area (Å²) in [6.45, 7) is 25.8. The first-order valence-electron chi connectivity index (χ1n) is 20.6. The number of nitrogens with zero attached hydrogens (tertiary/aromatic N) is 4. The predicted molar refractivity (Wildman–Crippen MR) is 245 cm³/mol. The Bertz CT molecular complexity index is 2660. The maximum absolute atomic E-state index is 6.96. The Hall–Kier alpha value is -5.81. The maximum Gasteiger partial charge on any atom is 0.137 e. The molecule has 2 aromatic heterocycles. The molecule has 0 saturated carbocycles. The SMILES string of the molecule is CC(C)(C)c1cccc(N2C=C(C(C)(C)c3ccccc3)N(c3cccc(Oc4cc(C(C)(C)C)c5c6ccccc6n(-c6cc(C(C)(C)C)ccn6)c5c4)c3)C2)c1. The van der Waals surface area contributed by atoms with Gasteiger partial charge in [-0.15, -0.1) is 0 Å². The van der Waals surface area contributed by atoms with Crippen molar-refractivity contribution in [3.8, 4) is 17.3 Å². The van der Waals surface area contributed by atoms with Crippen LogP contribution in [0.3, 0.4) is 0 Å². The number of rotatable bonds is 7. The zero-order chi connectivity index (χ0) is 41.2. The smallest absolute Gasteiger partial charge is 0.137 e. The van der Waals surface area contributed by atoms with Gasteiger partial charge in [0.2, 0.25) is 0 Å². The third kappa shape index (κ3) is 7.28. The number of allylic oxidation sites excluding steroid dienone is 1. The van der Waals surface area contributed by atoms with Gasteiger partial charge in [-0.2, -0.15) is 0 Å². The molecule has 7 aromatic rings. The lowest BCUT2D eigenvalue weighted by molar-refractivity contribution is 0.479. The number of ether oxygens (including phenoxy) is 1. The second kappa shape index (κ2) is 14.2. The molecule has 0 fully saturated rings. The van der Waals surface area contributed by atoms with E-state index in [0.717, 1.165) is 34.0 Å². The molecule has 5 heteroatoms. The summed E-state index contributed by atoms with van der Waals surface area (Å²) in [7, 11) is 0. The highest BCUT2D eigenvalue weighted by Gasteiger charge is 2.36. The van der Waals surface area contributed by atoms with E-state index in [0.29, 0.717) is 6.67 Å². The molecule has 0 atom stereocenters. The molecule has 5 nitrogen and oxygen atoms in total. The number of benzene rings is 5. The van der Waals surface area contributed by atoms with Gasteiger partial charge in [-0.05, 0) is 87.0 Å². The van der Waals surface area contributed by atoms with Crippen molar-refractivity contribution in [1.29, 1.82) is 0 Å². The number of hydrogen-bond donors (Lipinski definition) is 0. The van der Waals surface area contributed by atoms with Gasteiger partial charge < -0.3 is 14.5 Å². The number of aromatic nitrogens is 2. The van der Waals surface area contributed by atoms with E-state index in [4.69, 9.17) is 9.72 Å².